The van der Waals surface area contributed by atoms with Gasteiger partial charge in [-0.1, -0.05) is 6.07 Å². The summed E-state index contributed by atoms with van der Waals surface area (Å²) in [5.41, 5.74) is 0.974. The van der Waals surface area contributed by atoms with Crippen molar-refractivity contribution in [2.24, 2.45) is 0 Å². The lowest BCUT2D eigenvalue weighted by Crippen LogP contribution is -2.45. The molecule has 2 aromatic rings. The number of nitro benzene ring substituents is 1. The Morgan fingerprint density at radius 3 is 2.45 bits per heavy atom. The standard InChI is InChI=1S/C20H23N3O7S/c1-5-30-20(25)15-9-10-18(13(2)11-15)21-19(24)14(3)22(31(4,28)29)16-7-6-8-17(12-16)23(26)27/h6-12,14H,5H2,1-4H3,(H,21,24)/t14-/m0/s1. The molecule has 0 unspecified atom stereocenters. The molecule has 0 spiro atoms. The van der Waals surface area contributed by atoms with Gasteiger partial charge in [-0.2, -0.15) is 0 Å². The first kappa shape index (κ1) is 23.8. The molecule has 166 valence electrons. The van der Waals surface area contributed by atoms with E-state index >= 15 is 0 Å². The van der Waals surface area contributed by atoms with E-state index in [4.69, 9.17) is 4.74 Å². The molecule has 1 N–H and O–H groups in total. The van der Waals surface area contributed by atoms with Gasteiger partial charge in [-0.15, -0.1) is 0 Å². The molecule has 2 rings (SSSR count). The maximum absolute atomic E-state index is 12.8. The molecule has 0 aliphatic carbocycles. The molecular weight excluding hydrogens is 426 g/mol. The molecule has 10 nitrogen and oxygen atoms in total. The summed E-state index contributed by atoms with van der Waals surface area (Å²) in [6, 6.07) is 8.37. The smallest absolute Gasteiger partial charge is 0.338 e. The van der Waals surface area contributed by atoms with E-state index < -0.39 is 32.9 Å². The number of nitrogens with one attached hydrogen (secondary N) is 1. The Kier molecular flexibility index (Phi) is 7.34. The number of ether oxygens (including phenoxy) is 1. The van der Waals surface area contributed by atoms with Crippen LogP contribution >= 0.6 is 0 Å². The van der Waals surface area contributed by atoms with Gasteiger partial charge in [0.25, 0.3) is 5.69 Å². The highest BCUT2D eigenvalue weighted by Crippen LogP contribution is 2.26. The summed E-state index contributed by atoms with van der Waals surface area (Å²) in [5.74, 6) is -1.14. The molecule has 0 saturated carbocycles. The Bertz CT molecular complexity index is 1120. The molecule has 2 aromatic carbocycles. The van der Waals surface area contributed by atoms with E-state index in [0.717, 1.165) is 16.6 Å². The maximum atomic E-state index is 12.8. The lowest BCUT2D eigenvalue weighted by atomic mass is 10.1. The summed E-state index contributed by atoms with van der Waals surface area (Å²) in [6.45, 7) is 4.97. The van der Waals surface area contributed by atoms with Gasteiger partial charge in [-0.3, -0.25) is 19.2 Å². The van der Waals surface area contributed by atoms with E-state index in [0.29, 0.717) is 16.8 Å². The van der Waals surface area contributed by atoms with Crippen LogP contribution in [-0.4, -0.2) is 44.1 Å². The van der Waals surface area contributed by atoms with E-state index in [9.17, 15) is 28.1 Å². The van der Waals surface area contributed by atoms with Gasteiger partial charge in [-0.05, 0) is 50.6 Å². The first-order valence-electron chi connectivity index (χ1n) is 9.28. The molecule has 1 amide bonds. The normalized spacial score (nSPS) is 12.0. The van der Waals surface area contributed by atoms with E-state index in [2.05, 4.69) is 5.32 Å². The van der Waals surface area contributed by atoms with Gasteiger partial charge in [0.2, 0.25) is 15.9 Å². The Morgan fingerprint density at radius 2 is 1.90 bits per heavy atom. The SMILES string of the molecule is CCOC(=O)c1ccc(NC(=O)[C@H](C)N(c2cccc([N+](=O)[O-])c2)S(C)(=O)=O)c(C)c1. The summed E-state index contributed by atoms with van der Waals surface area (Å²) >= 11 is 0. The van der Waals surface area contributed by atoms with Gasteiger partial charge in [-0.25, -0.2) is 13.2 Å². The molecule has 31 heavy (non-hydrogen) atoms. The quantitative estimate of drug-likeness (QED) is 0.372. The van der Waals surface area contributed by atoms with Crippen molar-refractivity contribution in [2.45, 2.75) is 26.8 Å². The van der Waals surface area contributed by atoms with Crippen LogP contribution in [0.5, 0.6) is 0 Å². The number of hydrogen-bond acceptors (Lipinski definition) is 7. The summed E-state index contributed by atoms with van der Waals surface area (Å²) in [4.78, 5) is 35.1. The Hall–Kier alpha value is -3.47. The van der Waals surface area contributed by atoms with Gasteiger partial charge in [0.15, 0.2) is 0 Å². The van der Waals surface area contributed by atoms with Crippen LogP contribution in [0, 0.1) is 17.0 Å². The number of amides is 1. The number of hydrogen-bond donors (Lipinski definition) is 1. The topological polar surface area (TPSA) is 136 Å². The second-order valence-corrected chi connectivity index (χ2v) is 8.61. The molecule has 0 aromatic heterocycles. The van der Waals surface area contributed by atoms with Crippen LogP contribution in [0.1, 0.15) is 29.8 Å². The molecule has 0 aliphatic rings. The third-order valence-electron chi connectivity index (χ3n) is 4.38. The monoisotopic (exact) mass is 449 g/mol. The minimum Gasteiger partial charge on any atom is -0.462 e. The fourth-order valence-electron chi connectivity index (χ4n) is 2.93. The van der Waals surface area contributed by atoms with Gasteiger partial charge in [0.05, 0.1) is 29.0 Å². The minimum absolute atomic E-state index is 0.00580. The molecule has 0 radical (unpaired) electrons. The number of nitrogens with zero attached hydrogens (tertiary/aromatic N) is 2. The number of carbonyl (C=O) groups is 2. The van der Waals surface area contributed by atoms with Crippen molar-refractivity contribution in [3.05, 3.63) is 63.7 Å². The number of anilines is 2. The zero-order valence-electron chi connectivity index (χ0n) is 17.5. The van der Waals surface area contributed by atoms with Crippen molar-refractivity contribution >= 4 is 39.0 Å². The molecule has 0 saturated heterocycles. The van der Waals surface area contributed by atoms with E-state index in [1.54, 1.807) is 19.9 Å². The van der Waals surface area contributed by atoms with Gasteiger partial charge in [0, 0.05) is 17.8 Å². The number of non-ortho nitro benzene ring substituents is 1. The minimum atomic E-state index is -3.94. The number of nitro groups is 1. The highest BCUT2D eigenvalue weighted by Gasteiger charge is 2.30. The zero-order chi connectivity index (χ0) is 23.3. The molecular formula is C20H23N3O7S. The molecule has 0 heterocycles. The Balaban J connectivity index is 2.32. The van der Waals surface area contributed by atoms with Crippen molar-refractivity contribution in [1.29, 1.82) is 0 Å². The largest absolute Gasteiger partial charge is 0.462 e. The molecule has 11 heteroatoms. The highest BCUT2D eigenvalue weighted by molar-refractivity contribution is 7.92. The van der Waals surface area contributed by atoms with Crippen molar-refractivity contribution in [3.63, 3.8) is 0 Å². The summed E-state index contributed by atoms with van der Waals surface area (Å²) in [6.07, 6.45) is 0.912. The number of sulfonamides is 1. The maximum Gasteiger partial charge on any atom is 0.338 e. The van der Waals surface area contributed by atoms with Crippen molar-refractivity contribution in [2.75, 3.05) is 22.5 Å². The van der Waals surface area contributed by atoms with Crippen LogP contribution in [0.2, 0.25) is 0 Å². The highest BCUT2D eigenvalue weighted by atomic mass is 32.2. The number of benzene rings is 2. The molecule has 1 atom stereocenters. The van der Waals surface area contributed by atoms with Crippen LogP contribution < -0.4 is 9.62 Å². The molecule has 0 bridgehead atoms. The van der Waals surface area contributed by atoms with Crippen LogP contribution in [0.25, 0.3) is 0 Å². The lowest BCUT2D eigenvalue weighted by Gasteiger charge is -2.28. The fraction of sp³-hybridized carbons (Fsp3) is 0.300. The first-order chi connectivity index (χ1) is 14.5. The molecule has 0 aliphatic heterocycles. The van der Waals surface area contributed by atoms with Crippen LogP contribution in [0.4, 0.5) is 17.1 Å². The Morgan fingerprint density at radius 1 is 1.23 bits per heavy atom. The lowest BCUT2D eigenvalue weighted by molar-refractivity contribution is -0.384. The van der Waals surface area contributed by atoms with Crippen LogP contribution in [0.15, 0.2) is 42.5 Å². The first-order valence-corrected chi connectivity index (χ1v) is 11.1. The number of aryl methyl sites for hydroxylation is 1. The number of rotatable bonds is 8. The third-order valence-corrected chi connectivity index (χ3v) is 5.62. The van der Waals surface area contributed by atoms with Crippen LogP contribution in [0.3, 0.4) is 0 Å². The fourth-order valence-corrected chi connectivity index (χ4v) is 4.10. The zero-order valence-corrected chi connectivity index (χ0v) is 18.3. The molecule has 0 fully saturated rings. The predicted octanol–water partition coefficient (Wildman–Crippen LogP) is 2.87. The average molecular weight is 449 g/mol. The van der Waals surface area contributed by atoms with Crippen molar-refractivity contribution in [3.8, 4) is 0 Å². The van der Waals surface area contributed by atoms with Gasteiger partial charge < -0.3 is 10.1 Å². The second kappa shape index (κ2) is 9.56. The summed E-state index contributed by atoms with van der Waals surface area (Å²) < 4.78 is 30.5. The number of esters is 1. The number of carbonyl (C=O) groups excluding carboxylic acids is 2. The van der Waals surface area contributed by atoms with Crippen molar-refractivity contribution in [1.82, 2.24) is 0 Å². The van der Waals surface area contributed by atoms with Crippen LogP contribution in [-0.2, 0) is 19.6 Å². The van der Waals surface area contributed by atoms with E-state index in [-0.39, 0.29) is 18.0 Å². The summed E-state index contributed by atoms with van der Waals surface area (Å²) in [7, 11) is -3.94. The van der Waals surface area contributed by atoms with Gasteiger partial charge in [0.1, 0.15) is 6.04 Å². The average Bonchev–Trinajstić information content (AvgIpc) is 2.68. The predicted molar refractivity (Wildman–Crippen MR) is 116 cm³/mol. The third kappa shape index (κ3) is 5.79. The van der Waals surface area contributed by atoms with Crippen molar-refractivity contribution < 1.29 is 27.7 Å². The van der Waals surface area contributed by atoms with E-state index in [1.807, 2.05) is 0 Å². The summed E-state index contributed by atoms with van der Waals surface area (Å²) in [5, 5.41) is 13.7. The second-order valence-electron chi connectivity index (χ2n) is 6.75. The van der Waals surface area contributed by atoms with Gasteiger partial charge >= 0.3 is 5.97 Å². The Labute approximate surface area is 180 Å². The van der Waals surface area contributed by atoms with E-state index in [1.165, 1.54) is 37.3 Å².